The van der Waals surface area contributed by atoms with E-state index in [9.17, 15) is 27.6 Å². The zero-order chi connectivity index (χ0) is 28.9. The van der Waals surface area contributed by atoms with Gasteiger partial charge in [-0.05, 0) is 69.2 Å². The number of benzene rings is 1. The Labute approximate surface area is 233 Å². The Bertz CT molecular complexity index is 1270. The SMILES string of the molecule is COc1ccc(NS(=O)(=O)NC(=O)C23CC2/C=C/CCCCCC(OC(N)=O)C(=O)N2CCCC2C(=O)N3)cc1. The molecule has 1 saturated carbocycles. The molecule has 218 valence electrons. The summed E-state index contributed by atoms with van der Waals surface area (Å²) >= 11 is 0. The van der Waals surface area contributed by atoms with Crippen molar-refractivity contribution in [1.82, 2.24) is 14.9 Å². The first-order valence-electron chi connectivity index (χ1n) is 13.3. The lowest BCUT2D eigenvalue weighted by atomic mass is 10.1. The van der Waals surface area contributed by atoms with Gasteiger partial charge < -0.3 is 25.4 Å². The van der Waals surface area contributed by atoms with E-state index in [0.717, 1.165) is 12.8 Å². The van der Waals surface area contributed by atoms with Gasteiger partial charge in [-0.1, -0.05) is 18.6 Å². The number of ether oxygens (including phenoxy) is 2. The first-order chi connectivity index (χ1) is 19.0. The van der Waals surface area contributed by atoms with E-state index in [4.69, 9.17) is 15.2 Å². The first kappa shape index (κ1) is 29.2. The van der Waals surface area contributed by atoms with Crippen molar-refractivity contribution >= 4 is 39.7 Å². The molecule has 4 amide bonds. The van der Waals surface area contributed by atoms with E-state index in [0.29, 0.717) is 31.4 Å². The van der Waals surface area contributed by atoms with Crippen molar-refractivity contribution in [1.29, 1.82) is 0 Å². The standard InChI is InChI=1S/C26H35N5O8S/c1-38-19-13-11-18(12-14-19)29-40(36,37)30-24(34)26-16-17(26)8-5-3-2-4-6-10-21(39-25(27)35)23(33)31-15-7-9-20(31)22(32)28-26/h5,8,11-14,17,20-21,29H,2-4,6-7,9-10,15-16H2,1H3,(H2,27,35)(H,28,32)(H,30,34)/b8-5+. The fourth-order valence-corrected chi connectivity index (χ4v) is 6.15. The summed E-state index contributed by atoms with van der Waals surface area (Å²) in [6, 6.07) is 5.19. The Morgan fingerprint density at radius 3 is 2.55 bits per heavy atom. The Hall–Kier alpha value is -3.81. The van der Waals surface area contributed by atoms with Crippen molar-refractivity contribution in [2.24, 2.45) is 11.7 Å². The number of rotatable bonds is 6. The zero-order valence-electron chi connectivity index (χ0n) is 22.3. The van der Waals surface area contributed by atoms with E-state index >= 15 is 0 Å². The van der Waals surface area contributed by atoms with E-state index in [1.54, 1.807) is 12.1 Å². The molecule has 1 aromatic rings. The molecule has 4 unspecified atom stereocenters. The number of nitrogens with two attached hydrogens (primary N) is 1. The molecule has 2 aliphatic heterocycles. The second kappa shape index (κ2) is 12.1. The number of primary amides is 1. The lowest BCUT2D eigenvalue weighted by molar-refractivity contribution is -0.146. The van der Waals surface area contributed by atoms with Crippen molar-refractivity contribution in [3.63, 3.8) is 0 Å². The summed E-state index contributed by atoms with van der Waals surface area (Å²) in [5.74, 6) is -1.86. The maximum Gasteiger partial charge on any atom is 0.405 e. The maximum atomic E-state index is 13.5. The van der Waals surface area contributed by atoms with Gasteiger partial charge in [0.25, 0.3) is 11.8 Å². The van der Waals surface area contributed by atoms with Crippen LogP contribution in [0.5, 0.6) is 5.75 Å². The lowest BCUT2D eigenvalue weighted by Crippen LogP contribution is -2.57. The fourth-order valence-electron chi connectivity index (χ4n) is 5.23. The lowest BCUT2D eigenvalue weighted by Gasteiger charge is -2.29. The third-order valence-corrected chi connectivity index (χ3v) is 8.37. The van der Waals surface area contributed by atoms with Crippen molar-refractivity contribution in [3.05, 3.63) is 36.4 Å². The van der Waals surface area contributed by atoms with Gasteiger partial charge in [0.05, 0.1) is 12.8 Å². The average Bonchev–Trinajstić information content (AvgIpc) is 3.36. The molecule has 4 rings (SSSR count). The molecule has 14 heteroatoms. The monoisotopic (exact) mass is 577 g/mol. The van der Waals surface area contributed by atoms with Crippen LogP contribution in [0.1, 0.15) is 51.4 Å². The largest absolute Gasteiger partial charge is 0.497 e. The number of hydrogen-bond donors (Lipinski definition) is 4. The molecule has 4 atom stereocenters. The normalized spacial score (nSPS) is 28.0. The number of carbonyl (C=O) groups excluding carboxylic acids is 4. The number of allylic oxidation sites excluding steroid dienone is 1. The quantitative estimate of drug-likeness (QED) is 0.365. The number of nitrogens with zero attached hydrogens (tertiary/aromatic N) is 1. The number of carbonyl (C=O) groups is 4. The molecular weight excluding hydrogens is 542 g/mol. The highest BCUT2D eigenvalue weighted by Gasteiger charge is 2.61. The number of nitrogens with one attached hydrogen (secondary N) is 3. The van der Waals surface area contributed by atoms with Crippen LogP contribution in [0.4, 0.5) is 10.5 Å². The van der Waals surface area contributed by atoms with Gasteiger partial charge in [-0.25, -0.2) is 9.52 Å². The van der Waals surface area contributed by atoms with Gasteiger partial charge in [-0.3, -0.25) is 19.1 Å². The second-order valence-corrected chi connectivity index (χ2v) is 11.6. The minimum atomic E-state index is -4.33. The van der Waals surface area contributed by atoms with E-state index in [2.05, 4.69) is 10.0 Å². The molecule has 1 saturated heterocycles. The highest BCUT2D eigenvalue weighted by molar-refractivity contribution is 7.91. The van der Waals surface area contributed by atoms with E-state index in [1.165, 1.54) is 24.1 Å². The molecule has 3 aliphatic rings. The zero-order valence-corrected chi connectivity index (χ0v) is 23.1. The molecule has 0 bridgehead atoms. The summed E-state index contributed by atoms with van der Waals surface area (Å²) < 4.78 is 40.1. The number of anilines is 1. The molecule has 13 nitrogen and oxygen atoms in total. The summed E-state index contributed by atoms with van der Waals surface area (Å²) in [6.07, 6.45) is 5.78. The van der Waals surface area contributed by atoms with Crippen LogP contribution in [-0.2, 0) is 29.3 Å². The summed E-state index contributed by atoms with van der Waals surface area (Å²) in [4.78, 5) is 52.9. The Morgan fingerprint density at radius 2 is 1.85 bits per heavy atom. The van der Waals surface area contributed by atoms with Crippen LogP contribution in [-0.4, -0.2) is 68.5 Å². The van der Waals surface area contributed by atoms with Crippen LogP contribution in [0.15, 0.2) is 36.4 Å². The Morgan fingerprint density at radius 1 is 1.10 bits per heavy atom. The second-order valence-electron chi connectivity index (χ2n) is 10.2. The summed E-state index contributed by atoms with van der Waals surface area (Å²) in [5, 5.41) is 2.75. The number of methoxy groups -OCH3 is 1. The predicted octanol–water partition coefficient (Wildman–Crippen LogP) is 1.32. The molecule has 0 aromatic heterocycles. The molecule has 1 aliphatic carbocycles. The minimum absolute atomic E-state index is 0.202. The molecule has 1 aromatic carbocycles. The third kappa shape index (κ3) is 6.84. The number of fused-ring (bicyclic) bond motifs is 2. The highest BCUT2D eigenvalue weighted by Crippen LogP contribution is 2.45. The molecular formula is C26H35N5O8S. The minimum Gasteiger partial charge on any atom is -0.497 e. The van der Waals surface area contributed by atoms with Gasteiger partial charge in [0.1, 0.15) is 17.3 Å². The fraction of sp³-hybridized carbons (Fsp3) is 0.538. The van der Waals surface area contributed by atoms with Crippen LogP contribution in [0.2, 0.25) is 0 Å². The Balaban J connectivity index is 1.53. The first-order valence-corrected chi connectivity index (χ1v) is 14.8. The Kier molecular flexibility index (Phi) is 8.86. The van der Waals surface area contributed by atoms with Crippen molar-refractivity contribution < 1.29 is 37.1 Å². The maximum absolute atomic E-state index is 13.5. The molecule has 0 spiro atoms. The van der Waals surface area contributed by atoms with E-state index in [-0.39, 0.29) is 25.1 Å². The van der Waals surface area contributed by atoms with Gasteiger partial charge in [0.15, 0.2) is 6.10 Å². The van der Waals surface area contributed by atoms with Crippen LogP contribution < -0.4 is 25.2 Å². The predicted molar refractivity (Wildman–Crippen MR) is 144 cm³/mol. The van der Waals surface area contributed by atoms with E-state index < -0.39 is 57.6 Å². The number of hydrogen-bond acceptors (Lipinski definition) is 8. The average molecular weight is 578 g/mol. The highest BCUT2D eigenvalue weighted by atomic mass is 32.2. The smallest absolute Gasteiger partial charge is 0.405 e. The van der Waals surface area contributed by atoms with Crippen molar-refractivity contribution in [2.45, 2.75) is 69.1 Å². The van der Waals surface area contributed by atoms with Crippen LogP contribution in [0.3, 0.4) is 0 Å². The van der Waals surface area contributed by atoms with Gasteiger partial charge in [-0.2, -0.15) is 8.42 Å². The summed E-state index contributed by atoms with van der Waals surface area (Å²) in [6.45, 7) is 0.276. The molecule has 0 radical (unpaired) electrons. The van der Waals surface area contributed by atoms with Gasteiger partial charge in [0.2, 0.25) is 5.91 Å². The van der Waals surface area contributed by atoms with Crippen LogP contribution in [0.25, 0.3) is 0 Å². The van der Waals surface area contributed by atoms with Crippen LogP contribution in [0, 0.1) is 5.92 Å². The summed E-state index contributed by atoms with van der Waals surface area (Å²) in [7, 11) is -2.85. The molecule has 2 heterocycles. The summed E-state index contributed by atoms with van der Waals surface area (Å²) in [5.41, 5.74) is 3.91. The molecule has 2 fully saturated rings. The van der Waals surface area contributed by atoms with Gasteiger partial charge >= 0.3 is 16.3 Å². The number of amides is 4. The third-order valence-electron chi connectivity index (χ3n) is 7.41. The van der Waals surface area contributed by atoms with Crippen molar-refractivity contribution in [2.75, 3.05) is 18.4 Å². The van der Waals surface area contributed by atoms with E-state index in [1.807, 2.05) is 16.9 Å². The molecule has 40 heavy (non-hydrogen) atoms. The van der Waals surface area contributed by atoms with Gasteiger partial charge in [-0.15, -0.1) is 0 Å². The van der Waals surface area contributed by atoms with Crippen molar-refractivity contribution in [3.8, 4) is 5.75 Å². The van der Waals surface area contributed by atoms with Gasteiger partial charge in [0, 0.05) is 12.5 Å². The topological polar surface area (TPSA) is 186 Å². The van der Waals surface area contributed by atoms with Crippen LogP contribution >= 0.6 is 0 Å². The molecule has 5 N–H and O–H groups in total.